The molecular formula is C23H35N3O4S. The average Bonchev–Trinajstić information content (AvgIpc) is 2.67. The molecule has 0 aliphatic heterocycles. The summed E-state index contributed by atoms with van der Waals surface area (Å²) in [5.41, 5.74) is 0.783. The van der Waals surface area contributed by atoms with Crippen LogP contribution in [0.5, 0.6) is 0 Å². The fourth-order valence-corrected chi connectivity index (χ4v) is 3.24. The fourth-order valence-electron chi connectivity index (χ4n) is 2.99. The quantitative estimate of drug-likeness (QED) is 0.503. The molecule has 0 spiro atoms. The number of amides is 3. The maximum absolute atomic E-state index is 13.4. The molecule has 0 aliphatic rings. The monoisotopic (exact) mass is 449 g/mol. The number of benzene rings is 1. The Bertz CT molecular complexity index is 789. The number of nitrogens with zero attached hydrogens (tertiary/aromatic N) is 1. The van der Waals surface area contributed by atoms with Crippen molar-refractivity contribution in [3.8, 4) is 0 Å². The van der Waals surface area contributed by atoms with Gasteiger partial charge in [-0.3, -0.25) is 9.59 Å². The Hall–Kier alpha value is -2.48. The number of hydrogen-bond acceptors (Lipinski definition) is 5. The summed E-state index contributed by atoms with van der Waals surface area (Å²) >= 11 is 4.24. The van der Waals surface area contributed by atoms with Crippen LogP contribution in [0.3, 0.4) is 0 Å². The van der Waals surface area contributed by atoms with Crippen LogP contribution in [0, 0.1) is 0 Å². The Morgan fingerprint density at radius 1 is 1.23 bits per heavy atom. The molecule has 0 heterocycles. The van der Waals surface area contributed by atoms with Crippen LogP contribution in [0.15, 0.2) is 30.8 Å². The maximum Gasteiger partial charge on any atom is 0.408 e. The number of alkyl carbamates (subject to hydrolysis) is 1. The highest BCUT2D eigenvalue weighted by molar-refractivity contribution is 7.80. The molecule has 2 unspecified atom stereocenters. The minimum atomic E-state index is -0.949. The first-order chi connectivity index (χ1) is 14.4. The molecule has 0 saturated carbocycles. The van der Waals surface area contributed by atoms with E-state index in [1.807, 2.05) is 32.0 Å². The Kier molecular flexibility index (Phi) is 10.1. The molecule has 2 N–H and O–H groups in total. The minimum Gasteiger partial charge on any atom is -0.444 e. The molecule has 0 aromatic heterocycles. The van der Waals surface area contributed by atoms with E-state index in [2.05, 4.69) is 29.8 Å². The van der Waals surface area contributed by atoms with Crippen molar-refractivity contribution in [1.82, 2.24) is 15.5 Å². The van der Waals surface area contributed by atoms with Gasteiger partial charge in [-0.15, -0.1) is 0 Å². The predicted molar refractivity (Wildman–Crippen MR) is 127 cm³/mol. The number of thiol groups is 1. The van der Waals surface area contributed by atoms with E-state index in [0.29, 0.717) is 5.56 Å². The molecule has 3 amide bonds. The molecule has 0 aliphatic carbocycles. The highest BCUT2D eigenvalue weighted by Crippen LogP contribution is 2.24. The first-order valence-corrected chi connectivity index (χ1v) is 11.0. The molecule has 31 heavy (non-hydrogen) atoms. The summed E-state index contributed by atoms with van der Waals surface area (Å²) in [6.45, 7) is 14.7. The van der Waals surface area contributed by atoms with Gasteiger partial charge in [0, 0.05) is 18.3 Å². The van der Waals surface area contributed by atoms with Crippen LogP contribution < -0.4 is 10.6 Å². The van der Waals surface area contributed by atoms with E-state index in [9.17, 15) is 14.4 Å². The smallest absolute Gasteiger partial charge is 0.408 e. The summed E-state index contributed by atoms with van der Waals surface area (Å²) in [7, 11) is 0. The van der Waals surface area contributed by atoms with Crippen molar-refractivity contribution in [1.29, 1.82) is 0 Å². The van der Waals surface area contributed by atoms with Crippen molar-refractivity contribution in [2.45, 2.75) is 65.3 Å². The van der Waals surface area contributed by atoms with E-state index < -0.39 is 29.7 Å². The van der Waals surface area contributed by atoms with Gasteiger partial charge >= 0.3 is 6.09 Å². The number of likely N-dealkylation sites (N-methyl/N-ethyl adjacent to an activating group) is 1. The zero-order valence-corrected chi connectivity index (χ0v) is 20.2. The highest BCUT2D eigenvalue weighted by atomic mass is 32.1. The molecule has 7 nitrogen and oxygen atoms in total. The number of nitrogens with one attached hydrogen (secondary N) is 2. The van der Waals surface area contributed by atoms with E-state index in [0.717, 1.165) is 5.56 Å². The van der Waals surface area contributed by atoms with Crippen molar-refractivity contribution in [2.75, 3.05) is 12.3 Å². The van der Waals surface area contributed by atoms with Gasteiger partial charge in [-0.2, -0.15) is 12.6 Å². The third-order valence-corrected chi connectivity index (χ3v) is 4.61. The second-order valence-electron chi connectivity index (χ2n) is 8.45. The zero-order chi connectivity index (χ0) is 23.8. The molecule has 0 fully saturated rings. The molecule has 1 aromatic carbocycles. The predicted octanol–water partition coefficient (Wildman–Crippen LogP) is 3.57. The molecule has 1 aromatic rings. The van der Waals surface area contributed by atoms with Crippen LogP contribution in [-0.4, -0.2) is 52.8 Å². The van der Waals surface area contributed by atoms with E-state index in [4.69, 9.17) is 4.74 Å². The van der Waals surface area contributed by atoms with Crippen LogP contribution in [0.2, 0.25) is 0 Å². The molecular weight excluding hydrogens is 414 g/mol. The van der Waals surface area contributed by atoms with Crippen LogP contribution >= 0.6 is 12.6 Å². The summed E-state index contributed by atoms with van der Waals surface area (Å²) in [4.78, 5) is 40.2. The van der Waals surface area contributed by atoms with Gasteiger partial charge in [0.15, 0.2) is 0 Å². The molecule has 0 radical (unpaired) electrons. The van der Waals surface area contributed by atoms with E-state index in [1.54, 1.807) is 39.8 Å². The first-order valence-electron chi connectivity index (χ1n) is 10.4. The Morgan fingerprint density at radius 2 is 1.87 bits per heavy atom. The van der Waals surface area contributed by atoms with Crippen molar-refractivity contribution in [3.63, 3.8) is 0 Å². The molecule has 2 atom stereocenters. The molecule has 0 saturated heterocycles. The lowest BCUT2D eigenvalue weighted by Crippen LogP contribution is -2.54. The van der Waals surface area contributed by atoms with Gasteiger partial charge in [0.25, 0.3) is 0 Å². The zero-order valence-electron chi connectivity index (χ0n) is 19.3. The fraction of sp³-hybridized carbons (Fsp3) is 0.522. The van der Waals surface area contributed by atoms with Crippen molar-refractivity contribution in [3.05, 3.63) is 42.0 Å². The van der Waals surface area contributed by atoms with E-state index >= 15 is 0 Å². The van der Waals surface area contributed by atoms with Gasteiger partial charge in [-0.25, -0.2) is 4.79 Å². The largest absolute Gasteiger partial charge is 0.444 e. The van der Waals surface area contributed by atoms with Crippen molar-refractivity contribution >= 4 is 36.6 Å². The first kappa shape index (κ1) is 26.6. The van der Waals surface area contributed by atoms with Crippen LogP contribution in [0.1, 0.15) is 58.7 Å². The summed E-state index contributed by atoms with van der Waals surface area (Å²) in [6, 6.07) is 5.38. The maximum atomic E-state index is 13.4. The van der Waals surface area contributed by atoms with E-state index in [1.165, 1.54) is 4.90 Å². The lowest BCUT2D eigenvalue weighted by Gasteiger charge is -2.34. The topological polar surface area (TPSA) is 87.7 Å². The minimum absolute atomic E-state index is 0.0554. The Morgan fingerprint density at radius 3 is 2.35 bits per heavy atom. The van der Waals surface area contributed by atoms with Crippen LogP contribution in [0.4, 0.5) is 4.79 Å². The van der Waals surface area contributed by atoms with Crippen LogP contribution in [-0.2, 0) is 14.3 Å². The molecule has 172 valence electrons. The lowest BCUT2D eigenvalue weighted by atomic mass is 10.0. The number of ether oxygens (including phenoxy) is 1. The third-order valence-electron chi connectivity index (χ3n) is 4.25. The van der Waals surface area contributed by atoms with Gasteiger partial charge < -0.3 is 20.3 Å². The summed E-state index contributed by atoms with van der Waals surface area (Å²) in [5.74, 6) is -0.669. The summed E-state index contributed by atoms with van der Waals surface area (Å²) in [6.07, 6.45) is 0.965. The van der Waals surface area contributed by atoms with Crippen molar-refractivity contribution in [2.24, 2.45) is 0 Å². The second-order valence-corrected chi connectivity index (χ2v) is 8.81. The standard InChI is InChI=1S/C23H35N3O4S/c1-8-16-11-10-12-17(13-16)19(20(27)24-15(3)4)26(9-2)21(28)18(14-31)25-22(29)30-23(5,6)7/h8,10-13,15,18-19,31H,1,9,14H2,2-7H3,(H,24,27)(H,25,29). The third kappa shape index (κ3) is 8.28. The number of hydrogen-bond donors (Lipinski definition) is 3. The average molecular weight is 450 g/mol. The number of carbonyl (C=O) groups excluding carboxylic acids is 3. The van der Waals surface area contributed by atoms with Gasteiger partial charge in [0.2, 0.25) is 11.8 Å². The number of carbonyl (C=O) groups is 3. The van der Waals surface area contributed by atoms with Crippen molar-refractivity contribution < 1.29 is 19.1 Å². The Balaban J connectivity index is 3.28. The molecule has 0 bridgehead atoms. The second kappa shape index (κ2) is 11.8. The SMILES string of the molecule is C=Cc1cccc(C(C(=O)NC(C)C)N(CC)C(=O)C(CS)NC(=O)OC(C)(C)C)c1. The van der Waals surface area contributed by atoms with Gasteiger partial charge in [0.05, 0.1) is 0 Å². The highest BCUT2D eigenvalue weighted by Gasteiger charge is 2.35. The summed E-state index contributed by atoms with van der Waals surface area (Å²) in [5, 5.41) is 5.46. The Labute approximate surface area is 191 Å². The van der Waals surface area contributed by atoms with Gasteiger partial charge in [-0.05, 0) is 58.7 Å². The van der Waals surface area contributed by atoms with Gasteiger partial charge in [-0.1, -0.05) is 30.9 Å². The molecule has 8 heteroatoms. The number of rotatable bonds is 9. The van der Waals surface area contributed by atoms with Gasteiger partial charge in [0.1, 0.15) is 17.7 Å². The van der Waals surface area contributed by atoms with Crippen LogP contribution in [0.25, 0.3) is 6.08 Å². The lowest BCUT2D eigenvalue weighted by molar-refractivity contribution is -0.142. The summed E-state index contributed by atoms with van der Waals surface area (Å²) < 4.78 is 5.26. The normalized spacial score (nSPS) is 13.2. The molecule has 1 rings (SSSR count). The van der Waals surface area contributed by atoms with E-state index in [-0.39, 0.29) is 24.2 Å².